The SMILES string of the molecule is CCCCCc1ccc(-c2cc3ccccc3oc2=O)cc1.CCCCCc1ccc(C2Cc3ccccc3OC2=O)cc1.CCCCCc1ccc(CC(=O)Oc2ccccc2C=O)cc1.CCCCCc1ccc(COC=O)cc1.CCN(CC)CC.ClCCCl.ClCCl.O=Cc1ccccc1O. The van der Waals surface area contributed by atoms with Gasteiger partial charge in [0.2, 0.25) is 0 Å². The van der Waals surface area contributed by atoms with Gasteiger partial charge < -0.3 is 28.6 Å². The van der Waals surface area contributed by atoms with Crippen LogP contribution in [0.4, 0.5) is 0 Å². The minimum absolute atomic E-state index is 0.0347. The van der Waals surface area contributed by atoms with Crippen molar-refractivity contribution in [3.63, 3.8) is 0 Å². The standard InChI is InChI=1S/C20H22O3.C20H22O2.C20H20O2.C13H18O2.C7H6O2.C6H15N.C2H4Cl2.CH2Cl2/c1-2-3-4-7-16-10-12-17(13-11-16)14-20(22)23-19-9-6-5-8-18(19)15-21;2*1-2-3-4-7-15-10-12-16(13-11-15)18-14-17-8-5-6-9-19(17)22-20(18)21;1-2-3-4-5-12-6-8-13(9-7-12)10-15-11-14;8-5-6-3-1-2-4-7(6)9;1-4-7(5-2)6-3;3-1-2-4;2-1-3/h5-6,8-13,15H,2-4,7,14H2,1H3;5-6,8-13,18H,2-4,7,14H2,1H3;5-6,8-14H,2-4,7H2,1H3;6-9,11H,2-5,10H2,1H3;1-5,9H;4-6H2,1-3H3;1-2H2;1H2. The molecule has 2 heterocycles. The first-order valence-corrected chi connectivity index (χ1v) is 39.0. The van der Waals surface area contributed by atoms with E-state index in [0.29, 0.717) is 71.2 Å². The number of alkyl halides is 4. The third-order valence-electron chi connectivity index (χ3n) is 16.9. The van der Waals surface area contributed by atoms with Crippen LogP contribution in [0.15, 0.2) is 209 Å². The number of phenolic OH excluding ortho intramolecular Hbond substituents is 1. The van der Waals surface area contributed by atoms with Crippen molar-refractivity contribution in [3.05, 3.63) is 266 Å². The molecular formula is C89H109Cl4NO11. The highest BCUT2D eigenvalue weighted by Crippen LogP contribution is 2.33. The van der Waals surface area contributed by atoms with Crippen molar-refractivity contribution in [2.24, 2.45) is 0 Å². The van der Waals surface area contributed by atoms with E-state index in [2.05, 4.69) is 119 Å². The van der Waals surface area contributed by atoms with Crippen LogP contribution in [0.1, 0.15) is 197 Å². The second kappa shape index (κ2) is 57.0. The van der Waals surface area contributed by atoms with Crippen LogP contribution in [0.5, 0.6) is 17.2 Å². The molecule has 0 amide bonds. The molecule has 0 radical (unpaired) electrons. The van der Waals surface area contributed by atoms with Crippen LogP contribution >= 0.6 is 46.4 Å². The quantitative estimate of drug-likeness (QED) is 0.0113. The van der Waals surface area contributed by atoms with E-state index in [1.165, 1.54) is 125 Å². The van der Waals surface area contributed by atoms with Gasteiger partial charge in [-0.3, -0.25) is 24.0 Å². The van der Waals surface area contributed by atoms with Gasteiger partial charge in [0.25, 0.3) is 6.47 Å². The van der Waals surface area contributed by atoms with Crippen molar-refractivity contribution >= 4 is 88.4 Å². The lowest BCUT2D eigenvalue weighted by molar-refractivity contribution is -0.137. The molecule has 1 aliphatic rings. The molecule has 0 saturated carbocycles. The molecular weight excluding hydrogens is 1400 g/mol. The summed E-state index contributed by atoms with van der Waals surface area (Å²) < 4.78 is 20.8. The molecule has 0 fully saturated rings. The first kappa shape index (κ1) is 90.9. The Bertz CT molecular complexity index is 3870. The predicted octanol–water partition coefficient (Wildman–Crippen LogP) is 22.8. The zero-order valence-electron chi connectivity index (χ0n) is 62.5. The predicted molar refractivity (Wildman–Crippen MR) is 436 cm³/mol. The smallest absolute Gasteiger partial charge is 0.344 e. The summed E-state index contributed by atoms with van der Waals surface area (Å²) in [5, 5.41) is 10.0. The van der Waals surface area contributed by atoms with E-state index in [-0.39, 0.29) is 41.0 Å². The number of esters is 2. The van der Waals surface area contributed by atoms with Crippen molar-refractivity contribution in [2.75, 3.05) is 36.7 Å². The Kier molecular flexibility index (Phi) is 49.3. The number of rotatable bonds is 30. The number of fused-ring (bicyclic) bond motifs is 2. The second-order valence-electron chi connectivity index (χ2n) is 24.7. The van der Waals surface area contributed by atoms with Gasteiger partial charge in [0.15, 0.2) is 12.6 Å². The van der Waals surface area contributed by atoms with E-state index in [4.69, 9.17) is 65.4 Å². The van der Waals surface area contributed by atoms with Gasteiger partial charge in [0.05, 0.1) is 34.4 Å². The van der Waals surface area contributed by atoms with E-state index in [1.807, 2.05) is 91.0 Å². The molecule has 564 valence electrons. The molecule has 1 N–H and O–H groups in total. The zero-order valence-corrected chi connectivity index (χ0v) is 65.6. The molecule has 1 aliphatic heterocycles. The Hall–Kier alpha value is -8.36. The molecule has 9 aromatic rings. The number of carbonyl (C=O) groups excluding carboxylic acids is 5. The summed E-state index contributed by atoms with van der Waals surface area (Å²) in [6, 6.07) is 63.5. The van der Waals surface area contributed by atoms with E-state index in [9.17, 15) is 28.8 Å². The van der Waals surface area contributed by atoms with Gasteiger partial charge in [-0.15, -0.1) is 46.4 Å². The summed E-state index contributed by atoms with van der Waals surface area (Å²) in [4.78, 5) is 69.8. The molecule has 1 atom stereocenters. The van der Waals surface area contributed by atoms with E-state index < -0.39 is 0 Å². The zero-order chi connectivity index (χ0) is 76.7. The molecule has 0 aliphatic carbocycles. The number of unbranched alkanes of at least 4 members (excludes halogenated alkanes) is 8. The summed E-state index contributed by atoms with van der Waals surface area (Å²) in [5.74, 6) is 1.48. The topological polar surface area (TPSA) is 167 Å². The fourth-order valence-electron chi connectivity index (χ4n) is 10.9. The number of halogens is 4. The Morgan fingerprint density at radius 2 is 0.952 bits per heavy atom. The number of aromatic hydroxyl groups is 1. The highest BCUT2D eigenvalue weighted by atomic mass is 35.5. The Balaban J connectivity index is 0.000000332. The molecule has 16 heteroatoms. The van der Waals surface area contributed by atoms with Crippen LogP contribution in [0, 0.1) is 0 Å². The first-order valence-electron chi connectivity index (χ1n) is 36.8. The molecule has 105 heavy (non-hydrogen) atoms. The van der Waals surface area contributed by atoms with Gasteiger partial charge in [-0.2, -0.15) is 0 Å². The highest BCUT2D eigenvalue weighted by Gasteiger charge is 2.29. The average molecular weight is 1510 g/mol. The van der Waals surface area contributed by atoms with Crippen LogP contribution in [-0.2, 0) is 64.3 Å². The molecule has 0 bridgehead atoms. The van der Waals surface area contributed by atoms with Gasteiger partial charge in [-0.25, -0.2) is 4.79 Å². The third kappa shape index (κ3) is 37.0. The number of aldehydes is 2. The molecule has 1 unspecified atom stereocenters. The van der Waals surface area contributed by atoms with Gasteiger partial charge in [-0.1, -0.05) is 258 Å². The van der Waals surface area contributed by atoms with E-state index in [0.717, 1.165) is 65.3 Å². The summed E-state index contributed by atoms with van der Waals surface area (Å²) >= 11 is 19.6. The number of para-hydroxylation sites is 4. The largest absolute Gasteiger partial charge is 0.507 e. The maximum atomic E-state index is 12.2. The Morgan fingerprint density at radius 3 is 1.42 bits per heavy atom. The van der Waals surface area contributed by atoms with Crippen LogP contribution in [0.2, 0.25) is 0 Å². The number of aryl methyl sites for hydroxylation is 4. The maximum absolute atomic E-state index is 12.2. The molecule has 10 rings (SSSR count). The normalized spacial score (nSPS) is 11.4. The van der Waals surface area contributed by atoms with Gasteiger partial charge in [0.1, 0.15) is 29.4 Å². The second-order valence-corrected chi connectivity index (χ2v) is 26.2. The van der Waals surface area contributed by atoms with Crippen molar-refractivity contribution in [1.82, 2.24) is 4.90 Å². The van der Waals surface area contributed by atoms with Crippen LogP contribution in [0.25, 0.3) is 22.1 Å². The molecule has 8 aromatic carbocycles. The van der Waals surface area contributed by atoms with Gasteiger partial charge in [0, 0.05) is 17.1 Å². The number of hydrogen-bond donors (Lipinski definition) is 1. The molecule has 0 saturated heterocycles. The minimum Gasteiger partial charge on any atom is -0.507 e. The van der Waals surface area contributed by atoms with Crippen molar-refractivity contribution in [1.29, 1.82) is 0 Å². The number of phenols is 1. The van der Waals surface area contributed by atoms with Gasteiger partial charge in [-0.05, 0) is 170 Å². The number of benzene rings is 8. The highest BCUT2D eigenvalue weighted by molar-refractivity contribution is 6.40. The third-order valence-corrected chi connectivity index (χ3v) is 17.5. The van der Waals surface area contributed by atoms with Crippen molar-refractivity contribution < 1.29 is 47.7 Å². The number of hydrogen-bond acceptors (Lipinski definition) is 12. The first-order chi connectivity index (χ1) is 51.2. The summed E-state index contributed by atoms with van der Waals surface area (Å²) in [6.07, 6.45) is 21.6. The molecule has 0 spiro atoms. The van der Waals surface area contributed by atoms with Crippen molar-refractivity contribution in [3.8, 4) is 28.4 Å². The Labute approximate surface area is 644 Å². The minimum atomic E-state index is -0.363. The maximum Gasteiger partial charge on any atom is 0.344 e. The summed E-state index contributed by atoms with van der Waals surface area (Å²) in [6.45, 7) is 19.8. The number of ether oxygens (including phenoxy) is 3. The van der Waals surface area contributed by atoms with Crippen molar-refractivity contribution in [2.45, 2.75) is 177 Å². The lowest BCUT2D eigenvalue weighted by atomic mass is 9.89. The summed E-state index contributed by atoms with van der Waals surface area (Å²) in [7, 11) is 0. The summed E-state index contributed by atoms with van der Waals surface area (Å²) in [5.41, 5.74) is 12.0. The number of carbonyl (C=O) groups is 5. The molecule has 12 nitrogen and oxygen atoms in total. The molecule has 1 aromatic heterocycles. The van der Waals surface area contributed by atoms with E-state index >= 15 is 0 Å². The monoisotopic (exact) mass is 1510 g/mol. The van der Waals surface area contributed by atoms with Gasteiger partial charge >= 0.3 is 17.6 Å². The number of nitrogens with zero attached hydrogens (tertiary/aromatic N) is 1. The lowest BCUT2D eigenvalue weighted by Crippen LogP contribution is -2.25. The van der Waals surface area contributed by atoms with Crippen LogP contribution in [-0.4, -0.2) is 77.7 Å². The van der Waals surface area contributed by atoms with Crippen LogP contribution < -0.4 is 15.1 Å². The fraction of sp³-hybridized carbons (Fsp3) is 0.371. The average Bonchev–Trinajstić information content (AvgIpc) is 0.811. The van der Waals surface area contributed by atoms with Crippen LogP contribution in [0.3, 0.4) is 0 Å². The fourth-order valence-corrected chi connectivity index (χ4v) is 10.9. The van der Waals surface area contributed by atoms with E-state index in [1.54, 1.807) is 42.5 Å². The lowest BCUT2D eigenvalue weighted by Gasteiger charge is -2.23. The Morgan fingerprint density at radius 1 is 0.514 bits per heavy atom.